The Balaban J connectivity index is 1.40. The standard InChI is InChI=1S/C31H28FN3O6/c1-18(19-5-3-2-4-6-19)28(29(38)33-26-14-11-22(15-25(26)32)20-7-8-20)35-30(39)27(34-31(35)40)21-9-12-24(13-10-21)41-17-23(37)16-36/h2-6,9-15,20,27-28,36H,1,7-8,16-17H2,(H,33,38)(H,34,40)/t27-,28+/m1/s1. The molecule has 1 aliphatic carbocycles. The van der Waals surface area contributed by atoms with E-state index in [0.29, 0.717) is 22.8 Å². The van der Waals surface area contributed by atoms with Gasteiger partial charge < -0.3 is 20.5 Å². The maximum atomic E-state index is 14.9. The summed E-state index contributed by atoms with van der Waals surface area (Å²) < 4.78 is 20.2. The summed E-state index contributed by atoms with van der Waals surface area (Å²) in [6.45, 7) is 3.07. The van der Waals surface area contributed by atoms with Crippen LogP contribution in [0.5, 0.6) is 5.75 Å². The van der Waals surface area contributed by atoms with Crippen LogP contribution in [0.4, 0.5) is 14.9 Å². The lowest BCUT2D eigenvalue weighted by atomic mass is 9.97. The smallest absolute Gasteiger partial charge is 0.326 e. The number of hydrogen-bond donors (Lipinski definition) is 3. The van der Waals surface area contributed by atoms with E-state index in [1.165, 1.54) is 24.3 Å². The van der Waals surface area contributed by atoms with Crippen LogP contribution in [0.3, 0.4) is 0 Å². The van der Waals surface area contributed by atoms with Gasteiger partial charge in [0.25, 0.3) is 11.8 Å². The van der Waals surface area contributed by atoms with Crippen molar-refractivity contribution in [3.63, 3.8) is 0 Å². The number of ether oxygens (including phenoxy) is 1. The van der Waals surface area contributed by atoms with E-state index >= 15 is 0 Å². The number of urea groups is 1. The zero-order valence-electron chi connectivity index (χ0n) is 22.0. The Hall–Kier alpha value is -4.83. The molecule has 0 bridgehead atoms. The van der Waals surface area contributed by atoms with Crippen molar-refractivity contribution in [3.05, 3.63) is 102 Å². The van der Waals surface area contributed by atoms with Crippen LogP contribution in [0.25, 0.3) is 5.57 Å². The Labute approximate surface area is 235 Å². The zero-order valence-corrected chi connectivity index (χ0v) is 22.0. The van der Waals surface area contributed by atoms with Gasteiger partial charge in [0.15, 0.2) is 5.78 Å². The van der Waals surface area contributed by atoms with Gasteiger partial charge in [-0.05, 0) is 65.3 Å². The number of aliphatic hydroxyl groups excluding tert-OH is 1. The molecule has 0 spiro atoms. The Bertz CT molecular complexity index is 1500. The average molecular weight is 558 g/mol. The highest BCUT2D eigenvalue weighted by Crippen LogP contribution is 2.41. The first kappa shape index (κ1) is 27.7. The minimum Gasteiger partial charge on any atom is -0.486 e. The maximum absolute atomic E-state index is 14.9. The topological polar surface area (TPSA) is 125 Å². The van der Waals surface area contributed by atoms with E-state index in [9.17, 15) is 23.6 Å². The third-order valence-electron chi connectivity index (χ3n) is 7.04. The normalized spacial score (nSPS) is 17.1. The fourth-order valence-corrected chi connectivity index (χ4v) is 4.68. The molecule has 0 aromatic heterocycles. The van der Waals surface area contributed by atoms with Crippen LogP contribution in [0.2, 0.25) is 0 Å². The number of Topliss-reactive ketones (excluding diaryl/α,β-unsaturated/α-hetero) is 1. The predicted octanol–water partition coefficient (Wildman–Crippen LogP) is 3.96. The van der Waals surface area contributed by atoms with Crippen LogP contribution in [-0.2, 0) is 14.4 Å². The van der Waals surface area contributed by atoms with Gasteiger partial charge in [0.1, 0.15) is 36.9 Å². The largest absolute Gasteiger partial charge is 0.486 e. The molecule has 1 saturated heterocycles. The van der Waals surface area contributed by atoms with E-state index in [-0.39, 0.29) is 17.9 Å². The van der Waals surface area contributed by atoms with Crippen molar-refractivity contribution in [2.24, 2.45) is 0 Å². The molecule has 2 atom stereocenters. The second-order valence-corrected chi connectivity index (χ2v) is 9.94. The second-order valence-electron chi connectivity index (χ2n) is 9.94. The number of imide groups is 1. The maximum Gasteiger partial charge on any atom is 0.326 e. The van der Waals surface area contributed by atoms with Gasteiger partial charge in [-0.25, -0.2) is 14.1 Å². The third kappa shape index (κ3) is 6.02. The lowest BCUT2D eigenvalue weighted by molar-refractivity contribution is -0.132. The van der Waals surface area contributed by atoms with Gasteiger partial charge in [-0.1, -0.05) is 55.1 Å². The summed E-state index contributed by atoms with van der Waals surface area (Å²) in [6, 6.07) is 16.0. The quantitative estimate of drug-likeness (QED) is 0.307. The van der Waals surface area contributed by atoms with Gasteiger partial charge >= 0.3 is 6.03 Å². The Morgan fingerprint density at radius 1 is 1.05 bits per heavy atom. The molecule has 210 valence electrons. The van der Waals surface area contributed by atoms with E-state index in [2.05, 4.69) is 17.2 Å². The van der Waals surface area contributed by atoms with Crippen molar-refractivity contribution in [3.8, 4) is 5.75 Å². The summed E-state index contributed by atoms with van der Waals surface area (Å²) in [6.07, 6.45) is 1.99. The first-order valence-corrected chi connectivity index (χ1v) is 13.1. The number of benzene rings is 3. The van der Waals surface area contributed by atoms with Gasteiger partial charge in [0, 0.05) is 0 Å². The minimum atomic E-state index is -1.47. The fraction of sp³-hybridized carbons (Fsp3) is 0.226. The van der Waals surface area contributed by atoms with Crippen molar-refractivity contribution < 1.29 is 33.4 Å². The van der Waals surface area contributed by atoms with Crippen molar-refractivity contribution in [2.45, 2.75) is 30.8 Å². The molecule has 1 heterocycles. The summed E-state index contributed by atoms with van der Waals surface area (Å²) in [5.74, 6) is -1.94. The lowest BCUT2D eigenvalue weighted by Gasteiger charge is -2.27. The van der Waals surface area contributed by atoms with E-state index in [1.54, 1.807) is 48.5 Å². The van der Waals surface area contributed by atoms with Gasteiger partial charge in [-0.2, -0.15) is 0 Å². The monoisotopic (exact) mass is 557 g/mol. The predicted molar refractivity (Wildman–Crippen MR) is 148 cm³/mol. The van der Waals surface area contributed by atoms with Gasteiger partial charge in [-0.15, -0.1) is 0 Å². The van der Waals surface area contributed by atoms with Crippen LogP contribution < -0.4 is 15.4 Å². The summed E-state index contributed by atoms with van der Waals surface area (Å²) in [4.78, 5) is 52.6. The van der Waals surface area contributed by atoms with Gasteiger partial charge in [0.05, 0.1) is 5.69 Å². The Morgan fingerprint density at radius 2 is 1.73 bits per heavy atom. The molecule has 2 aliphatic rings. The van der Waals surface area contributed by atoms with Gasteiger partial charge in [0.2, 0.25) is 0 Å². The van der Waals surface area contributed by atoms with Crippen molar-refractivity contribution in [1.29, 1.82) is 0 Å². The van der Waals surface area contributed by atoms with Crippen LogP contribution in [0.15, 0.2) is 79.4 Å². The first-order valence-electron chi connectivity index (χ1n) is 13.1. The number of nitrogens with zero attached hydrogens (tertiary/aromatic N) is 1. The third-order valence-corrected chi connectivity index (χ3v) is 7.04. The number of nitrogens with one attached hydrogen (secondary N) is 2. The summed E-state index contributed by atoms with van der Waals surface area (Å²) in [7, 11) is 0. The molecule has 2 fully saturated rings. The fourth-order valence-electron chi connectivity index (χ4n) is 4.68. The highest BCUT2D eigenvalue weighted by molar-refractivity contribution is 6.13. The minimum absolute atomic E-state index is 0.0656. The molecule has 4 amide bonds. The summed E-state index contributed by atoms with van der Waals surface area (Å²) >= 11 is 0. The molecule has 1 aliphatic heterocycles. The number of aliphatic hydroxyl groups is 1. The van der Waals surface area contributed by atoms with Crippen LogP contribution in [-0.4, -0.2) is 52.9 Å². The molecule has 5 rings (SSSR count). The van der Waals surface area contributed by atoms with Crippen molar-refractivity contribution in [2.75, 3.05) is 18.5 Å². The molecule has 3 aromatic carbocycles. The molecule has 41 heavy (non-hydrogen) atoms. The SMILES string of the molecule is C=C(c1ccccc1)[C@@H](C(=O)Nc1ccc(C2CC2)cc1F)N1C(=O)N[C@H](c2ccc(OCC(=O)CO)cc2)C1=O. The Morgan fingerprint density at radius 3 is 2.37 bits per heavy atom. The van der Waals surface area contributed by atoms with E-state index in [4.69, 9.17) is 9.84 Å². The summed E-state index contributed by atoms with van der Waals surface area (Å²) in [5.41, 5.74) is 1.92. The number of carbonyl (C=O) groups excluding carboxylic acids is 4. The number of ketones is 1. The molecule has 1 saturated carbocycles. The summed E-state index contributed by atoms with van der Waals surface area (Å²) in [5, 5.41) is 14.0. The molecular formula is C31H28FN3O6. The lowest BCUT2D eigenvalue weighted by Crippen LogP contribution is -2.48. The number of anilines is 1. The molecule has 3 N–H and O–H groups in total. The zero-order chi connectivity index (χ0) is 29.1. The van der Waals surface area contributed by atoms with Crippen LogP contribution in [0.1, 0.15) is 41.5 Å². The highest BCUT2D eigenvalue weighted by Gasteiger charge is 2.46. The molecule has 10 heteroatoms. The average Bonchev–Trinajstić information content (AvgIpc) is 3.80. The number of amides is 4. The van der Waals surface area contributed by atoms with E-state index in [0.717, 1.165) is 23.3 Å². The number of halogens is 1. The van der Waals surface area contributed by atoms with Crippen LogP contribution in [0, 0.1) is 5.82 Å². The highest BCUT2D eigenvalue weighted by atomic mass is 19.1. The van der Waals surface area contributed by atoms with Crippen molar-refractivity contribution >= 4 is 34.9 Å². The molecule has 0 radical (unpaired) electrons. The molecule has 3 aromatic rings. The number of rotatable bonds is 11. The number of hydrogen-bond acceptors (Lipinski definition) is 6. The van der Waals surface area contributed by atoms with Crippen molar-refractivity contribution in [1.82, 2.24) is 10.2 Å². The van der Waals surface area contributed by atoms with E-state index < -0.39 is 48.1 Å². The van der Waals surface area contributed by atoms with Crippen LogP contribution >= 0.6 is 0 Å². The molecule has 9 nitrogen and oxygen atoms in total. The second kappa shape index (κ2) is 11.7. The molecular weight excluding hydrogens is 529 g/mol. The molecule has 0 unspecified atom stereocenters. The van der Waals surface area contributed by atoms with Gasteiger partial charge in [-0.3, -0.25) is 14.4 Å². The first-order chi connectivity index (χ1) is 19.8. The van der Waals surface area contributed by atoms with E-state index in [1.807, 2.05) is 0 Å². The Kier molecular flexibility index (Phi) is 7.93. The number of carbonyl (C=O) groups is 4.